The van der Waals surface area contributed by atoms with Gasteiger partial charge in [0, 0.05) is 13.0 Å². The largest absolute Gasteiger partial charge is 0.573 e. The molecule has 2 heterocycles. The first-order chi connectivity index (χ1) is 16.2. The minimum absolute atomic E-state index is 0.143. The van der Waals surface area contributed by atoms with E-state index >= 15 is 0 Å². The van der Waals surface area contributed by atoms with Gasteiger partial charge in [0.25, 0.3) is 0 Å². The van der Waals surface area contributed by atoms with E-state index in [0.29, 0.717) is 23.7 Å². The zero-order chi connectivity index (χ0) is 24.6. The number of hydrogen-bond acceptors (Lipinski definition) is 9. The van der Waals surface area contributed by atoms with Gasteiger partial charge in [-0.05, 0) is 37.5 Å². The summed E-state index contributed by atoms with van der Waals surface area (Å²) in [6, 6.07) is 5.22. The minimum atomic E-state index is -4.80. The van der Waals surface area contributed by atoms with Gasteiger partial charge in [0.05, 0.1) is 19.2 Å². The molecule has 3 rings (SSSR count). The summed E-state index contributed by atoms with van der Waals surface area (Å²) in [6.07, 6.45) is -1.27. The summed E-state index contributed by atoms with van der Waals surface area (Å²) in [5.74, 6) is -1.34. The van der Waals surface area contributed by atoms with Crippen molar-refractivity contribution in [1.29, 1.82) is 0 Å². The number of esters is 1. The van der Waals surface area contributed by atoms with Crippen molar-refractivity contribution in [3.8, 4) is 5.75 Å². The van der Waals surface area contributed by atoms with Gasteiger partial charge in [-0.25, -0.2) is 4.79 Å². The molecule has 14 heteroatoms. The average molecular weight is 498 g/mol. The number of carbonyl (C=O) groups is 2. The molecular formula is C20H21F3N6O4S. The van der Waals surface area contributed by atoms with Gasteiger partial charge in [-0.2, -0.15) is 0 Å². The van der Waals surface area contributed by atoms with Crippen molar-refractivity contribution < 1.29 is 32.2 Å². The third-order valence-corrected chi connectivity index (χ3v) is 5.16. The van der Waals surface area contributed by atoms with Gasteiger partial charge in [-0.3, -0.25) is 9.48 Å². The standard InChI is InChI=1S/C20H21F3N6O4S/c1-2-32-18(31)15-12-29(28-25-15)9-4-3-8-17-26-27-19(34-17)24-16(30)11-13-6-5-7-14(10-13)33-20(21,22)23/h5-7,10,12H,2-4,8-9,11H2,1H3,(H,24,27,30). The molecule has 182 valence electrons. The molecular weight excluding hydrogens is 477 g/mol. The molecule has 0 bridgehead atoms. The zero-order valence-corrected chi connectivity index (χ0v) is 18.9. The molecule has 0 unspecified atom stereocenters. The summed E-state index contributed by atoms with van der Waals surface area (Å²) in [5, 5.41) is 19.2. The molecule has 0 saturated heterocycles. The van der Waals surface area contributed by atoms with E-state index < -0.39 is 18.2 Å². The third kappa shape index (κ3) is 8.10. The lowest BCUT2D eigenvalue weighted by Gasteiger charge is -2.09. The molecule has 1 aromatic carbocycles. The van der Waals surface area contributed by atoms with Crippen LogP contribution >= 0.6 is 11.3 Å². The van der Waals surface area contributed by atoms with E-state index in [-0.39, 0.29) is 24.5 Å². The number of amides is 1. The minimum Gasteiger partial charge on any atom is -0.461 e. The third-order valence-electron chi connectivity index (χ3n) is 4.26. The summed E-state index contributed by atoms with van der Waals surface area (Å²) in [5.41, 5.74) is 0.522. The molecule has 0 atom stereocenters. The van der Waals surface area contributed by atoms with Gasteiger partial charge in [-0.1, -0.05) is 28.7 Å². The summed E-state index contributed by atoms with van der Waals surface area (Å²) in [7, 11) is 0. The SMILES string of the molecule is CCOC(=O)c1cn(CCCCc2nnc(NC(=O)Cc3cccc(OC(F)(F)F)c3)s2)nn1. The number of alkyl halides is 3. The van der Waals surface area contributed by atoms with Crippen molar-refractivity contribution in [2.45, 2.75) is 45.5 Å². The van der Waals surface area contributed by atoms with Gasteiger partial charge in [0.1, 0.15) is 10.8 Å². The van der Waals surface area contributed by atoms with Crippen molar-refractivity contribution in [2.24, 2.45) is 0 Å². The fraction of sp³-hybridized carbons (Fsp3) is 0.400. The number of aromatic nitrogens is 5. The van der Waals surface area contributed by atoms with Crippen LogP contribution in [-0.4, -0.2) is 50.0 Å². The molecule has 0 radical (unpaired) electrons. The van der Waals surface area contributed by atoms with Crippen LogP contribution in [0.1, 0.15) is 40.8 Å². The fourth-order valence-electron chi connectivity index (χ4n) is 2.86. The van der Waals surface area contributed by atoms with Gasteiger partial charge in [0.2, 0.25) is 11.0 Å². The van der Waals surface area contributed by atoms with E-state index in [9.17, 15) is 22.8 Å². The van der Waals surface area contributed by atoms with E-state index in [1.165, 1.54) is 29.7 Å². The van der Waals surface area contributed by atoms with Crippen LogP contribution in [0.5, 0.6) is 5.75 Å². The number of anilines is 1. The Morgan fingerprint density at radius 1 is 1.18 bits per heavy atom. The number of halogens is 3. The molecule has 0 aliphatic carbocycles. The molecule has 1 N–H and O–H groups in total. The molecule has 10 nitrogen and oxygen atoms in total. The number of rotatable bonds is 11. The highest BCUT2D eigenvalue weighted by Gasteiger charge is 2.31. The second kappa shape index (κ2) is 11.5. The second-order valence-electron chi connectivity index (χ2n) is 6.97. The number of hydrogen-bond donors (Lipinski definition) is 1. The molecule has 1 amide bonds. The van der Waals surface area contributed by atoms with Crippen LogP contribution in [0.4, 0.5) is 18.3 Å². The Hall–Kier alpha value is -3.55. The normalized spacial score (nSPS) is 11.3. The number of nitrogens with one attached hydrogen (secondary N) is 1. The highest BCUT2D eigenvalue weighted by Crippen LogP contribution is 2.24. The summed E-state index contributed by atoms with van der Waals surface area (Å²) < 4.78 is 47.3. The van der Waals surface area contributed by atoms with E-state index in [0.717, 1.165) is 30.0 Å². The van der Waals surface area contributed by atoms with Crippen molar-refractivity contribution >= 4 is 28.3 Å². The van der Waals surface area contributed by atoms with Crippen LogP contribution in [0.15, 0.2) is 30.5 Å². The zero-order valence-electron chi connectivity index (χ0n) is 18.0. The molecule has 0 saturated carbocycles. The van der Waals surface area contributed by atoms with E-state index in [1.807, 2.05) is 0 Å². The Kier molecular flexibility index (Phi) is 8.51. The van der Waals surface area contributed by atoms with Crippen LogP contribution in [-0.2, 0) is 28.9 Å². The molecule has 0 fully saturated rings. The fourth-order valence-corrected chi connectivity index (χ4v) is 3.66. The number of ether oxygens (including phenoxy) is 2. The number of nitrogens with zero attached hydrogens (tertiary/aromatic N) is 5. The number of aryl methyl sites for hydroxylation is 2. The number of carbonyl (C=O) groups excluding carboxylic acids is 2. The van der Waals surface area contributed by atoms with Gasteiger partial charge < -0.3 is 14.8 Å². The van der Waals surface area contributed by atoms with Crippen molar-refractivity contribution in [2.75, 3.05) is 11.9 Å². The maximum atomic E-state index is 12.3. The predicted octanol–water partition coefficient (Wildman–Crippen LogP) is 3.41. The molecule has 34 heavy (non-hydrogen) atoms. The lowest BCUT2D eigenvalue weighted by molar-refractivity contribution is -0.274. The van der Waals surface area contributed by atoms with Crippen LogP contribution in [0.3, 0.4) is 0 Å². The Labute approximate surface area is 196 Å². The Morgan fingerprint density at radius 3 is 2.76 bits per heavy atom. The summed E-state index contributed by atoms with van der Waals surface area (Å²) in [4.78, 5) is 23.8. The van der Waals surface area contributed by atoms with Crippen molar-refractivity contribution in [3.63, 3.8) is 0 Å². The van der Waals surface area contributed by atoms with Crippen molar-refractivity contribution in [3.05, 3.63) is 46.7 Å². The monoisotopic (exact) mass is 498 g/mol. The Bertz CT molecular complexity index is 1120. The molecule has 0 spiro atoms. The topological polar surface area (TPSA) is 121 Å². The Morgan fingerprint density at radius 2 is 2.00 bits per heavy atom. The Balaban J connectivity index is 1.41. The lowest BCUT2D eigenvalue weighted by Crippen LogP contribution is -2.17. The molecule has 0 aliphatic heterocycles. The summed E-state index contributed by atoms with van der Waals surface area (Å²) in [6.45, 7) is 2.54. The van der Waals surface area contributed by atoms with Crippen LogP contribution in [0.25, 0.3) is 0 Å². The lowest BCUT2D eigenvalue weighted by atomic mass is 10.1. The first-order valence-corrected chi connectivity index (χ1v) is 11.1. The quantitative estimate of drug-likeness (QED) is 0.315. The highest BCUT2D eigenvalue weighted by molar-refractivity contribution is 7.15. The van der Waals surface area contributed by atoms with Gasteiger partial charge >= 0.3 is 12.3 Å². The van der Waals surface area contributed by atoms with E-state index in [1.54, 1.807) is 11.6 Å². The maximum Gasteiger partial charge on any atom is 0.573 e. The molecule has 0 aliphatic rings. The highest BCUT2D eigenvalue weighted by atomic mass is 32.1. The maximum absolute atomic E-state index is 12.3. The average Bonchev–Trinajstić information content (AvgIpc) is 3.40. The van der Waals surface area contributed by atoms with Crippen LogP contribution in [0.2, 0.25) is 0 Å². The second-order valence-corrected chi connectivity index (χ2v) is 8.03. The van der Waals surface area contributed by atoms with Crippen LogP contribution in [0, 0.1) is 0 Å². The smallest absolute Gasteiger partial charge is 0.461 e. The summed E-state index contributed by atoms with van der Waals surface area (Å²) >= 11 is 1.22. The van der Waals surface area contributed by atoms with E-state index in [2.05, 4.69) is 30.6 Å². The predicted molar refractivity (Wildman–Crippen MR) is 114 cm³/mol. The van der Waals surface area contributed by atoms with Gasteiger partial charge in [-0.15, -0.1) is 28.5 Å². The van der Waals surface area contributed by atoms with Gasteiger partial charge in [0.15, 0.2) is 5.69 Å². The first kappa shape index (κ1) is 25.1. The van der Waals surface area contributed by atoms with E-state index in [4.69, 9.17) is 4.74 Å². The number of unbranched alkanes of at least 4 members (excludes halogenated alkanes) is 1. The number of benzene rings is 1. The molecule has 3 aromatic rings. The van der Waals surface area contributed by atoms with Crippen LogP contribution < -0.4 is 10.1 Å². The van der Waals surface area contributed by atoms with Crippen molar-refractivity contribution in [1.82, 2.24) is 25.2 Å². The first-order valence-electron chi connectivity index (χ1n) is 10.3. The molecule has 2 aromatic heterocycles.